The second-order valence-corrected chi connectivity index (χ2v) is 27.9. The van der Waals surface area contributed by atoms with Crippen LogP contribution in [0.2, 0.25) is 0 Å². The molecule has 14 rings (SSSR count). The molecule has 1 fully saturated rings. The van der Waals surface area contributed by atoms with Crippen LogP contribution >= 0.6 is 37.9 Å². The Hall–Kier alpha value is -7.51. The van der Waals surface area contributed by atoms with Gasteiger partial charge in [0, 0.05) is 45.9 Å². The van der Waals surface area contributed by atoms with Crippen LogP contribution in [-0.2, 0) is 26.4 Å². The van der Waals surface area contributed by atoms with Gasteiger partial charge in [0.2, 0.25) is 17.3 Å². The van der Waals surface area contributed by atoms with Gasteiger partial charge < -0.3 is 89.0 Å². The average molecular weight is 1430 g/mol. The van der Waals surface area contributed by atoms with Gasteiger partial charge in [-0.1, -0.05) is 43.3 Å². The highest BCUT2D eigenvalue weighted by molar-refractivity contribution is 7.11. The number of ketones is 4. The normalized spacial score (nSPS) is 31.1. The topological polar surface area (TPSA) is 433 Å². The van der Waals surface area contributed by atoms with Crippen LogP contribution in [0.3, 0.4) is 0 Å². The van der Waals surface area contributed by atoms with E-state index in [0.29, 0.717) is 34.4 Å². The molecule has 2 aromatic heterocycles. The SMILES string of the molecule is CN(C)[C@@H]1C(=O)C(C(N)=O)=C(O)[C@@]2(O)C(=O)C3=C(O)c4c(O)cccc4[C@@](C)(O)[C@H]3C[C@@H]12.C[C@H]1c2cccc(OP)c2C(O)C2=C(O)[C@]3(O)C(=O)c4c(OP)noc4[C@@H](N(C)C)[C@@H]3C[C@@H]21.Cc1c2c(c(O)c3c(OP)cccc13)C(O)[C@]1(O)C(=O)c3c(OP)noc3[C@@H](N(C)C)[C@@H]1C2. The lowest BCUT2D eigenvalue weighted by Gasteiger charge is -2.53. The Morgan fingerprint density at radius 2 is 1.20 bits per heavy atom. The number of nitrogens with zero attached hydrogens (tertiary/aromatic N) is 5. The van der Waals surface area contributed by atoms with E-state index < -0.39 is 140 Å². The van der Waals surface area contributed by atoms with Gasteiger partial charge in [-0.2, -0.15) is 0 Å². The van der Waals surface area contributed by atoms with Gasteiger partial charge in [0.1, 0.15) is 69.2 Å². The molecule has 8 aliphatic rings. The summed E-state index contributed by atoms with van der Waals surface area (Å²) in [4.78, 5) is 71.0. The molecule has 19 atom stereocenters. The quantitative estimate of drug-likeness (QED) is 0.0697. The van der Waals surface area contributed by atoms with Crippen molar-refractivity contribution >= 4 is 83.4 Å². The number of phenolic OH excluding ortho intramolecular Hbond substituents is 2. The number of hydrogen-bond acceptors (Lipinski definition) is 27. The number of carbonyl (C=O) groups is 5. The molecule has 2 heterocycles. The number of carbonyl (C=O) groups excluding carboxylic acids is 5. The molecule has 1 saturated carbocycles. The summed E-state index contributed by atoms with van der Waals surface area (Å²) in [6, 6.07) is 12.7. The number of likely N-dealkylation sites (N-methyl/N-ethyl adjacent to an activating group) is 1. The fraction of sp³-hybridized carbons (Fsp3) is 0.409. The number of amides is 1. The number of aryl methyl sites for hydroxylation is 1. The van der Waals surface area contributed by atoms with E-state index in [4.69, 9.17) is 32.9 Å². The molecule has 0 bridgehead atoms. The zero-order chi connectivity index (χ0) is 71.5. The fourth-order valence-electron chi connectivity index (χ4n) is 17.1. The van der Waals surface area contributed by atoms with Crippen molar-refractivity contribution in [3.63, 3.8) is 0 Å². The molecule has 0 saturated heterocycles. The van der Waals surface area contributed by atoms with E-state index in [9.17, 15) is 80.1 Å². The van der Waals surface area contributed by atoms with E-state index in [-0.39, 0.29) is 87.1 Å². The van der Waals surface area contributed by atoms with Crippen LogP contribution in [0.4, 0.5) is 0 Å². The maximum Gasteiger partial charge on any atom is 0.267 e. The first-order valence-corrected chi connectivity index (χ1v) is 32.7. The second kappa shape index (κ2) is 24.7. The van der Waals surface area contributed by atoms with Crippen molar-refractivity contribution in [3.05, 3.63) is 144 Å². The molecule has 0 aliphatic heterocycles. The number of aromatic nitrogens is 2. The van der Waals surface area contributed by atoms with Crippen LogP contribution in [0.25, 0.3) is 16.5 Å². The molecule has 8 aliphatic carbocycles. The Bertz CT molecular complexity index is 4530. The number of primary amides is 1. The van der Waals surface area contributed by atoms with Gasteiger partial charge in [-0.25, -0.2) is 0 Å². The predicted octanol–water partition coefficient (Wildman–Crippen LogP) is 5.09. The summed E-state index contributed by atoms with van der Waals surface area (Å²) >= 11 is 0. The Balaban J connectivity index is 0.000000140. The van der Waals surface area contributed by atoms with Crippen molar-refractivity contribution in [2.45, 2.75) is 98.7 Å². The lowest BCUT2D eigenvalue weighted by molar-refractivity contribution is -0.159. The summed E-state index contributed by atoms with van der Waals surface area (Å²) in [5, 5.41) is 133. The van der Waals surface area contributed by atoms with E-state index in [1.165, 1.54) is 44.1 Å². The van der Waals surface area contributed by atoms with E-state index >= 15 is 0 Å². The van der Waals surface area contributed by atoms with Crippen molar-refractivity contribution in [1.82, 2.24) is 25.0 Å². The molecule has 520 valence electrons. The molecular formula is C66H74N6O22P4. The van der Waals surface area contributed by atoms with Crippen molar-refractivity contribution in [3.8, 4) is 34.8 Å². The number of benzene rings is 4. The minimum Gasteiger partial charge on any atom is -0.509 e. The number of aliphatic hydroxyl groups excluding tert-OH is 5. The monoisotopic (exact) mass is 1430 g/mol. The van der Waals surface area contributed by atoms with Crippen LogP contribution in [0.15, 0.2) is 91.9 Å². The van der Waals surface area contributed by atoms with Crippen LogP contribution in [0.5, 0.6) is 34.8 Å². The second-order valence-electron chi connectivity index (χ2n) is 26.9. The number of fused-ring (bicyclic) bond motifs is 11. The third-order valence-corrected chi connectivity index (χ3v) is 22.6. The Labute approximate surface area is 568 Å². The van der Waals surface area contributed by atoms with Gasteiger partial charge in [0.25, 0.3) is 17.7 Å². The lowest BCUT2D eigenvalue weighted by Crippen LogP contribution is -2.67. The van der Waals surface area contributed by atoms with Gasteiger partial charge in [0.05, 0.1) is 72.5 Å². The summed E-state index contributed by atoms with van der Waals surface area (Å²) in [7, 11) is 18.5. The Morgan fingerprint density at radius 3 is 1.78 bits per heavy atom. The van der Waals surface area contributed by atoms with E-state index in [2.05, 4.69) is 29.2 Å². The largest absolute Gasteiger partial charge is 0.509 e. The first kappa shape index (κ1) is 70.4. The molecule has 0 spiro atoms. The van der Waals surface area contributed by atoms with Crippen LogP contribution < -0.4 is 23.8 Å². The molecule has 6 unspecified atom stereocenters. The maximum atomic E-state index is 13.7. The van der Waals surface area contributed by atoms with E-state index in [1.807, 2.05) is 80.9 Å². The van der Waals surface area contributed by atoms with Gasteiger partial charge in [-0.05, 0) is 143 Å². The van der Waals surface area contributed by atoms with E-state index in [1.54, 1.807) is 26.2 Å². The molecule has 28 nitrogen and oxygen atoms in total. The third kappa shape index (κ3) is 9.54. The number of Topliss-reactive ketones (excluding diaryl/α,β-unsaturated/α-hetero) is 4. The molecule has 6 aromatic rings. The molecule has 32 heteroatoms. The molecule has 13 N–H and O–H groups in total. The Morgan fingerprint density at radius 1 is 0.663 bits per heavy atom. The predicted molar refractivity (Wildman–Crippen MR) is 359 cm³/mol. The number of nitrogens with two attached hydrogens (primary N) is 1. The summed E-state index contributed by atoms with van der Waals surface area (Å²) in [5.41, 5.74) is -1.82. The first-order chi connectivity index (χ1) is 46.1. The van der Waals surface area contributed by atoms with Gasteiger partial charge in [0.15, 0.2) is 34.1 Å². The van der Waals surface area contributed by atoms with Gasteiger partial charge in [-0.15, -0.1) is 0 Å². The highest BCUT2D eigenvalue weighted by Crippen LogP contribution is 2.63. The highest BCUT2D eigenvalue weighted by Gasteiger charge is 2.69. The Kier molecular flexibility index (Phi) is 17.7. The summed E-state index contributed by atoms with van der Waals surface area (Å²) in [5.74, 6) is -10.9. The highest BCUT2D eigenvalue weighted by atomic mass is 31.0. The number of aliphatic hydroxyl groups is 9. The first-order valence-electron chi connectivity index (χ1n) is 30.9. The smallest absolute Gasteiger partial charge is 0.267 e. The molecular weight excluding hydrogens is 1350 g/mol. The third-order valence-electron chi connectivity index (χ3n) is 21.7. The molecule has 98 heavy (non-hydrogen) atoms. The molecule has 0 radical (unpaired) electrons. The minimum absolute atomic E-state index is 0.0132. The summed E-state index contributed by atoms with van der Waals surface area (Å²) < 4.78 is 32.0. The van der Waals surface area contributed by atoms with E-state index in [0.717, 1.165) is 16.5 Å². The van der Waals surface area contributed by atoms with Crippen molar-refractivity contribution in [2.24, 2.45) is 35.3 Å². The van der Waals surface area contributed by atoms with Gasteiger partial charge >= 0.3 is 0 Å². The minimum atomic E-state index is -2.75. The average Bonchev–Trinajstić information content (AvgIpc) is 0.981. The molecule has 4 aromatic carbocycles. The van der Waals surface area contributed by atoms with Crippen LogP contribution in [0.1, 0.15) is 128 Å². The zero-order valence-corrected chi connectivity index (χ0v) is 58.8. The standard InChI is InChI=1S/C22H24N2O8.C22H26N2O7P2.C22H24N2O7P2/c1-21(31)8-5-4-6-11(25)12(8)16(26)13-9(21)7-10-15(24(2)3)17(27)14(20(23)30)19(29)22(10,32)18(13)28;2*1-8-9-5-4-6-12(30-32)13(9)17(25)14-10(8)7-11-16(24(2)3)18-15(21(31-33)23-29-18)20(27)22(11,28)19(14)26/h4-6,9-10,15,25-26,29,31-32H,7H2,1-3H3,(H2,23,30);4-6,8,10-11,16-17,25-26,28H,7,32-33H2,1-3H3;4-6,11,16,19,25-26,28H,7,32-33H2,1-3H3/t9-,10-,15-,21+,22-;8-,10+,11-,16-,17?,22-;11-,16-,19?,22-/m000/s1. The lowest BCUT2D eigenvalue weighted by atomic mass is 9.54. The number of rotatable bonds is 8. The molecule has 1 amide bonds. The number of hydrogen-bond donors (Lipinski definition) is 12. The van der Waals surface area contributed by atoms with Crippen molar-refractivity contribution < 1.29 is 107 Å². The number of phenols is 2. The van der Waals surface area contributed by atoms with Crippen LogP contribution in [0, 0.1) is 36.5 Å². The van der Waals surface area contributed by atoms with Gasteiger partial charge in [-0.3, -0.25) is 38.7 Å². The maximum absolute atomic E-state index is 13.7. The van der Waals surface area contributed by atoms with Crippen molar-refractivity contribution in [1.29, 1.82) is 0 Å². The van der Waals surface area contributed by atoms with Crippen molar-refractivity contribution in [2.75, 3.05) is 42.3 Å². The summed E-state index contributed by atoms with van der Waals surface area (Å²) in [6.07, 6.45) is -2.59. The number of aromatic hydroxyl groups is 2. The zero-order valence-electron chi connectivity index (χ0n) is 54.2. The van der Waals surface area contributed by atoms with Crippen LogP contribution in [-0.4, -0.2) is 175 Å². The fourth-order valence-corrected chi connectivity index (χ4v) is 17.9. The summed E-state index contributed by atoms with van der Waals surface area (Å²) in [6.45, 7) is 5.30.